The number of fused-ring (bicyclic) bond motifs is 1. The summed E-state index contributed by atoms with van der Waals surface area (Å²) in [5.41, 5.74) is 2.47. The molecule has 0 N–H and O–H groups in total. The van der Waals surface area contributed by atoms with Crippen molar-refractivity contribution in [3.05, 3.63) is 52.0 Å². The third-order valence-electron chi connectivity index (χ3n) is 5.17. The first kappa shape index (κ1) is 15.8. The van der Waals surface area contributed by atoms with E-state index >= 15 is 0 Å². The molecule has 24 heavy (non-hydrogen) atoms. The van der Waals surface area contributed by atoms with Crippen molar-refractivity contribution in [3.63, 3.8) is 0 Å². The fraction of sp³-hybridized carbons (Fsp3) is 0.474. The van der Waals surface area contributed by atoms with Gasteiger partial charge in [0, 0.05) is 36.6 Å². The highest BCUT2D eigenvalue weighted by Gasteiger charge is 2.30. The van der Waals surface area contributed by atoms with E-state index < -0.39 is 0 Å². The van der Waals surface area contributed by atoms with E-state index in [1.165, 1.54) is 10.4 Å². The van der Waals surface area contributed by atoms with Gasteiger partial charge in [0.2, 0.25) is 5.91 Å². The Hall–Kier alpha value is -1.72. The molecule has 0 radical (unpaired) electrons. The van der Waals surface area contributed by atoms with E-state index in [4.69, 9.17) is 0 Å². The normalized spacial score (nSPS) is 19.2. The number of likely N-dealkylation sites (tertiary alicyclic amines) is 1. The molecule has 0 aliphatic carbocycles. The van der Waals surface area contributed by atoms with Gasteiger partial charge in [-0.1, -0.05) is 6.07 Å². The van der Waals surface area contributed by atoms with E-state index in [1.807, 2.05) is 29.7 Å². The zero-order valence-electron chi connectivity index (χ0n) is 13.9. The minimum atomic E-state index is 0.199. The fourth-order valence-electron chi connectivity index (χ4n) is 3.75. The van der Waals surface area contributed by atoms with Crippen LogP contribution in [0.2, 0.25) is 0 Å². The Balaban J connectivity index is 1.30. The predicted octanol–water partition coefficient (Wildman–Crippen LogP) is 2.94. The lowest BCUT2D eigenvalue weighted by Crippen LogP contribution is -2.43. The van der Waals surface area contributed by atoms with Gasteiger partial charge in [-0.05, 0) is 61.5 Å². The van der Waals surface area contributed by atoms with E-state index in [0.29, 0.717) is 5.91 Å². The molecular weight excluding hydrogens is 318 g/mol. The molecule has 0 bridgehead atoms. The molecular formula is C19H23N3OS. The van der Waals surface area contributed by atoms with E-state index in [1.54, 1.807) is 0 Å². The number of amides is 1. The molecule has 2 aliphatic rings. The average molecular weight is 341 g/mol. The van der Waals surface area contributed by atoms with Gasteiger partial charge in [0.15, 0.2) is 0 Å². The van der Waals surface area contributed by atoms with Crippen LogP contribution in [0, 0.1) is 5.92 Å². The average Bonchev–Trinajstić information content (AvgIpc) is 3.10. The Kier molecular flexibility index (Phi) is 4.63. The molecule has 4 nitrogen and oxygen atoms in total. The van der Waals surface area contributed by atoms with Gasteiger partial charge in [0.05, 0.1) is 5.69 Å². The van der Waals surface area contributed by atoms with Crippen molar-refractivity contribution in [2.75, 3.05) is 19.6 Å². The maximum Gasteiger partial charge on any atom is 0.226 e. The maximum atomic E-state index is 12.8. The zero-order valence-corrected chi connectivity index (χ0v) is 14.7. The number of thiophene rings is 1. The molecule has 2 aromatic rings. The monoisotopic (exact) mass is 341 g/mol. The Morgan fingerprint density at radius 2 is 2.08 bits per heavy atom. The van der Waals surface area contributed by atoms with E-state index in [9.17, 15) is 4.79 Å². The molecule has 1 fully saturated rings. The Labute approximate surface area is 147 Å². The molecule has 0 aromatic carbocycles. The molecule has 0 atom stereocenters. The number of nitrogens with zero attached hydrogens (tertiary/aromatic N) is 3. The first-order valence-electron chi connectivity index (χ1n) is 8.76. The molecule has 4 rings (SSSR count). The van der Waals surface area contributed by atoms with Crippen LogP contribution in [0.15, 0.2) is 35.8 Å². The number of pyridine rings is 1. The van der Waals surface area contributed by atoms with Gasteiger partial charge in [0.25, 0.3) is 0 Å². The lowest BCUT2D eigenvalue weighted by Gasteiger charge is -2.35. The van der Waals surface area contributed by atoms with Crippen molar-refractivity contribution >= 4 is 17.2 Å². The maximum absolute atomic E-state index is 12.8. The lowest BCUT2D eigenvalue weighted by molar-refractivity contribution is -0.138. The smallest absolute Gasteiger partial charge is 0.226 e. The highest BCUT2D eigenvalue weighted by molar-refractivity contribution is 7.10. The topological polar surface area (TPSA) is 36.4 Å². The van der Waals surface area contributed by atoms with Crippen LogP contribution in [0.4, 0.5) is 0 Å². The summed E-state index contributed by atoms with van der Waals surface area (Å²) in [6, 6.07) is 8.23. The van der Waals surface area contributed by atoms with Crippen molar-refractivity contribution in [1.29, 1.82) is 0 Å². The van der Waals surface area contributed by atoms with E-state index in [-0.39, 0.29) is 5.92 Å². The Morgan fingerprint density at radius 3 is 2.88 bits per heavy atom. The quantitative estimate of drug-likeness (QED) is 0.861. The molecule has 126 valence electrons. The van der Waals surface area contributed by atoms with E-state index in [2.05, 4.69) is 32.3 Å². The van der Waals surface area contributed by atoms with Crippen molar-refractivity contribution in [3.8, 4) is 0 Å². The SMILES string of the molecule is O=C(C1CCN(Cc2ccccn2)CC1)N1CCc2sccc2C1. The van der Waals surface area contributed by atoms with Gasteiger partial charge in [-0.3, -0.25) is 14.7 Å². The summed E-state index contributed by atoms with van der Waals surface area (Å²) in [4.78, 5) is 23.2. The summed E-state index contributed by atoms with van der Waals surface area (Å²) in [5.74, 6) is 0.564. The lowest BCUT2D eigenvalue weighted by atomic mass is 9.94. The first-order chi connectivity index (χ1) is 11.8. The molecule has 0 spiro atoms. The van der Waals surface area contributed by atoms with Gasteiger partial charge >= 0.3 is 0 Å². The number of piperidine rings is 1. The van der Waals surface area contributed by atoms with Crippen molar-refractivity contribution in [1.82, 2.24) is 14.8 Å². The molecule has 2 aliphatic heterocycles. The molecule has 0 unspecified atom stereocenters. The summed E-state index contributed by atoms with van der Waals surface area (Å²) in [6.07, 6.45) is 4.81. The van der Waals surface area contributed by atoms with Gasteiger partial charge in [0.1, 0.15) is 0 Å². The molecule has 5 heteroatoms. The molecule has 2 aromatic heterocycles. The van der Waals surface area contributed by atoms with Gasteiger partial charge < -0.3 is 4.90 Å². The summed E-state index contributed by atoms with van der Waals surface area (Å²) in [7, 11) is 0. The number of hydrogen-bond donors (Lipinski definition) is 0. The van der Waals surface area contributed by atoms with Crippen molar-refractivity contribution < 1.29 is 4.79 Å². The van der Waals surface area contributed by atoms with Crippen LogP contribution in [0.5, 0.6) is 0 Å². The zero-order chi connectivity index (χ0) is 16.4. The van der Waals surface area contributed by atoms with Crippen LogP contribution in [0.1, 0.15) is 29.0 Å². The van der Waals surface area contributed by atoms with Crippen LogP contribution in [0.3, 0.4) is 0 Å². The van der Waals surface area contributed by atoms with Crippen LogP contribution in [-0.2, 0) is 24.3 Å². The number of carbonyl (C=O) groups is 1. The van der Waals surface area contributed by atoms with Crippen LogP contribution >= 0.6 is 11.3 Å². The molecule has 4 heterocycles. The number of hydrogen-bond acceptors (Lipinski definition) is 4. The van der Waals surface area contributed by atoms with Crippen LogP contribution in [-0.4, -0.2) is 40.3 Å². The fourth-order valence-corrected chi connectivity index (χ4v) is 4.64. The van der Waals surface area contributed by atoms with E-state index in [0.717, 1.165) is 57.7 Å². The van der Waals surface area contributed by atoms with Crippen LogP contribution in [0.25, 0.3) is 0 Å². The van der Waals surface area contributed by atoms with Crippen molar-refractivity contribution in [2.45, 2.75) is 32.4 Å². The third-order valence-corrected chi connectivity index (χ3v) is 6.19. The van der Waals surface area contributed by atoms with Gasteiger partial charge in [-0.15, -0.1) is 11.3 Å². The summed E-state index contributed by atoms with van der Waals surface area (Å²) in [5, 5.41) is 2.15. The number of rotatable bonds is 3. The highest BCUT2D eigenvalue weighted by Crippen LogP contribution is 2.27. The largest absolute Gasteiger partial charge is 0.338 e. The number of aromatic nitrogens is 1. The molecule has 0 saturated carbocycles. The highest BCUT2D eigenvalue weighted by atomic mass is 32.1. The molecule has 1 saturated heterocycles. The van der Waals surface area contributed by atoms with Gasteiger partial charge in [-0.25, -0.2) is 0 Å². The minimum Gasteiger partial charge on any atom is -0.338 e. The first-order valence-corrected chi connectivity index (χ1v) is 9.64. The Bertz CT molecular complexity index is 692. The van der Waals surface area contributed by atoms with Gasteiger partial charge in [-0.2, -0.15) is 0 Å². The van der Waals surface area contributed by atoms with Crippen molar-refractivity contribution in [2.24, 2.45) is 5.92 Å². The summed E-state index contributed by atoms with van der Waals surface area (Å²) < 4.78 is 0. The standard InChI is InChI=1S/C19H23N3OS/c23-19(22-11-6-18-16(13-22)7-12-24-18)15-4-9-21(10-5-15)14-17-3-1-2-8-20-17/h1-3,7-8,12,15H,4-6,9-11,13-14H2. The third kappa shape index (κ3) is 3.37. The second-order valence-electron chi connectivity index (χ2n) is 6.75. The summed E-state index contributed by atoms with van der Waals surface area (Å²) in [6.45, 7) is 4.57. The minimum absolute atomic E-state index is 0.199. The second kappa shape index (κ2) is 7.03. The number of carbonyl (C=O) groups excluding carboxylic acids is 1. The molecule has 1 amide bonds. The second-order valence-corrected chi connectivity index (χ2v) is 7.75. The summed E-state index contributed by atoms with van der Waals surface area (Å²) >= 11 is 1.83. The van der Waals surface area contributed by atoms with Crippen LogP contribution < -0.4 is 0 Å². The Morgan fingerprint density at radius 1 is 1.21 bits per heavy atom. The predicted molar refractivity (Wildman–Crippen MR) is 95.7 cm³/mol.